The molecule has 0 saturated heterocycles. The van der Waals surface area contributed by atoms with Gasteiger partial charge in [-0.25, -0.2) is 4.98 Å². The Hall–Kier alpha value is -3.75. The van der Waals surface area contributed by atoms with Crippen molar-refractivity contribution in [2.75, 3.05) is 0 Å². The Morgan fingerprint density at radius 3 is 2.41 bits per heavy atom. The second-order valence-corrected chi connectivity index (χ2v) is 7.97. The Kier molecular flexibility index (Phi) is 4.08. The summed E-state index contributed by atoms with van der Waals surface area (Å²) in [7, 11) is 0. The molecule has 0 aliphatic heterocycles. The molecule has 0 spiro atoms. The van der Waals surface area contributed by atoms with E-state index >= 15 is 0 Å². The molecular formula is C23H17F3N6. The fraction of sp³-hybridized carbons (Fsp3) is 0.217. The molecule has 0 radical (unpaired) electrons. The molecule has 9 heteroatoms. The topological polar surface area (TPSA) is 83.1 Å². The number of H-pyrrole nitrogens is 2. The first-order valence-electron chi connectivity index (χ1n) is 10.4. The van der Waals surface area contributed by atoms with Crippen LogP contribution < -0.4 is 0 Å². The first-order chi connectivity index (χ1) is 15.5. The first-order valence-corrected chi connectivity index (χ1v) is 10.4. The van der Waals surface area contributed by atoms with Gasteiger partial charge in [-0.05, 0) is 61.1 Å². The third kappa shape index (κ3) is 2.80. The average molecular weight is 434 g/mol. The number of pyridine rings is 2. The summed E-state index contributed by atoms with van der Waals surface area (Å²) in [5, 5.41) is 15.3. The van der Waals surface area contributed by atoms with Crippen molar-refractivity contribution in [2.24, 2.45) is 0 Å². The van der Waals surface area contributed by atoms with E-state index in [1.165, 1.54) is 6.20 Å². The van der Waals surface area contributed by atoms with Crippen LogP contribution in [0.1, 0.15) is 29.7 Å². The van der Waals surface area contributed by atoms with Gasteiger partial charge in [-0.1, -0.05) is 0 Å². The lowest BCUT2D eigenvalue weighted by atomic mass is 9.85. The van der Waals surface area contributed by atoms with Crippen molar-refractivity contribution in [3.8, 4) is 22.5 Å². The van der Waals surface area contributed by atoms with Gasteiger partial charge in [0.25, 0.3) is 0 Å². The number of benzene rings is 1. The van der Waals surface area contributed by atoms with Crippen molar-refractivity contribution in [3.63, 3.8) is 0 Å². The largest absolute Gasteiger partial charge is 0.433 e. The number of aromatic amines is 2. The summed E-state index contributed by atoms with van der Waals surface area (Å²) in [6, 6.07) is 7.51. The number of hydrogen-bond donors (Lipinski definition) is 2. The number of halogens is 3. The highest BCUT2D eigenvalue weighted by Crippen LogP contribution is 2.42. The number of aryl methyl sites for hydroxylation is 1. The summed E-state index contributed by atoms with van der Waals surface area (Å²) in [5.41, 5.74) is 4.64. The van der Waals surface area contributed by atoms with Crippen LogP contribution in [0.4, 0.5) is 13.2 Å². The number of alkyl halides is 3. The molecule has 0 atom stereocenters. The fourth-order valence-corrected chi connectivity index (χ4v) is 4.76. The number of rotatable bonds is 2. The Bertz CT molecular complexity index is 1470. The minimum absolute atomic E-state index is 0.000743. The second kappa shape index (κ2) is 6.88. The predicted octanol–water partition coefficient (Wildman–Crippen LogP) is 5.46. The highest BCUT2D eigenvalue weighted by atomic mass is 19.4. The summed E-state index contributed by atoms with van der Waals surface area (Å²) >= 11 is 0. The van der Waals surface area contributed by atoms with Gasteiger partial charge in [0.1, 0.15) is 11.4 Å². The fourth-order valence-electron chi connectivity index (χ4n) is 4.76. The van der Waals surface area contributed by atoms with Gasteiger partial charge in [-0.2, -0.15) is 23.4 Å². The summed E-state index contributed by atoms with van der Waals surface area (Å²) in [6.07, 6.45) is 3.45. The maximum absolute atomic E-state index is 13.6. The zero-order chi connectivity index (χ0) is 21.9. The Morgan fingerprint density at radius 1 is 0.844 bits per heavy atom. The van der Waals surface area contributed by atoms with Crippen molar-refractivity contribution in [2.45, 2.75) is 31.9 Å². The highest BCUT2D eigenvalue weighted by Gasteiger charge is 2.37. The molecule has 0 fully saturated rings. The molecule has 0 saturated carbocycles. The van der Waals surface area contributed by atoms with Crippen molar-refractivity contribution in [1.82, 2.24) is 30.4 Å². The number of nitrogens with zero attached hydrogens (tertiary/aromatic N) is 4. The molecule has 32 heavy (non-hydrogen) atoms. The smallest absolute Gasteiger partial charge is 0.277 e. The van der Waals surface area contributed by atoms with Gasteiger partial charge < -0.3 is 0 Å². The molecule has 5 aromatic rings. The SMILES string of the molecule is FC(F)(F)c1[nH]ncc1-c1nc2ccc3[nH]nc(-c4ccncc4)c3c2c2c1CCCC2. The van der Waals surface area contributed by atoms with Gasteiger partial charge in [-0.15, -0.1) is 0 Å². The van der Waals surface area contributed by atoms with Gasteiger partial charge in [-0.3, -0.25) is 15.2 Å². The number of hydrogen-bond acceptors (Lipinski definition) is 4. The summed E-state index contributed by atoms with van der Waals surface area (Å²) in [4.78, 5) is 8.84. The van der Waals surface area contributed by atoms with Crippen molar-refractivity contribution >= 4 is 21.8 Å². The Labute approximate surface area is 179 Å². The van der Waals surface area contributed by atoms with E-state index in [2.05, 4.69) is 25.4 Å². The van der Waals surface area contributed by atoms with Gasteiger partial charge in [0, 0.05) is 28.7 Å². The van der Waals surface area contributed by atoms with Crippen LogP contribution in [0, 0.1) is 0 Å². The lowest BCUT2D eigenvalue weighted by Gasteiger charge is -2.22. The van der Waals surface area contributed by atoms with Crippen LogP contribution >= 0.6 is 0 Å². The lowest BCUT2D eigenvalue weighted by Crippen LogP contribution is -2.11. The van der Waals surface area contributed by atoms with E-state index in [0.29, 0.717) is 17.6 Å². The van der Waals surface area contributed by atoms with E-state index in [9.17, 15) is 13.2 Å². The van der Waals surface area contributed by atoms with Gasteiger partial charge >= 0.3 is 6.18 Å². The molecule has 1 aliphatic carbocycles. The first kappa shape index (κ1) is 19.0. The molecular weight excluding hydrogens is 417 g/mol. The van der Waals surface area contributed by atoms with Crippen LogP contribution in [-0.2, 0) is 19.0 Å². The van der Waals surface area contributed by atoms with E-state index in [4.69, 9.17) is 4.98 Å². The summed E-state index contributed by atoms with van der Waals surface area (Å²) < 4.78 is 40.8. The van der Waals surface area contributed by atoms with Crippen molar-refractivity contribution < 1.29 is 13.2 Å². The third-order valence-electron chi connectivity index (χ3n) is 6.13. The molecule has 4 aromatic heterocycles. The van der Waals surface area contributed by atoms with Crippen LogP contribution in [0.2, 0.25) is 0 Å². The van der Waals surface area contributed by atoms with Crippen LogP contribution in [0.15, 0.2) is 42.9 Å². The molecule has 6 nitrogen and oxygen atoms in total. The molecule has 0 unspecified atom stereocenters. The monoisotopic (exact) mass is 434 g/mol. The third-order valence-corrected chi connectivity index (χ3v) is 6.13. The van der Waals surface area contributed by atoms with Crippen LogP contribution in [0.3, 0.4) is 0 Å². The van der Waals surface area contributed by atoms with Crippen LogP contribution in [0.25, 0.3) is 44.3 Å². The van der Waals surface area contributed by atoms with E-state index in [0.717, 1.165) is 57.9 Å². The van der Waals surface area contributed by atoms with Gasteiger partial charge in [0.2, 0.25) is 0 Å². The summed E-state index contributed by atoms with van der Waals surface area (Å²) in [6.45, 7) is 0. The lowest BCUT2D eigenvalue weighted by molar-refractivity contribution is -0.140. The normalized spacial score (nSPS) is 14.2. The van der Waals surface area contributed by atoms with Crippen LogP contribution in [-0.4, -0.2) is 30.4 Å². The highest BCUT2D eigenvalue weighted by molar-refractivity contribution is 6.13. The zero-order valence-electron chi connectivity index (χ0n) is 16.8. The Balaban J connectivity index is 1.70. The maximum Gasteiger partial charge on any atom is 0.433 e. The molecule has 2 N–H and O–H groups in total. The number of aromatic nitrogens is 6. The quantitative estimate of drug-likeness (QED) is 0.386. The van der Waals surface area contributed by atoms with E-state index < -0.39 is 11.9 Å². The molecule has 1 aromatic carbocycles. The van der Waals surface area contributed by atoms with Crippen LogP contribution in [0.5, 0.6) is 0 Å². The van der Waals surface area contributed by atoms with Crippen molar-refractivity contribution in [3.05, 3.63) is 59.7 Å². The molecule has 6 rings (SSSR count). The standard InChI is InChI=1S/C23H17F3N6/c24-23(25,26)22-15(11-28-32-22)21-14-4-2-1-3-13(14)18-16(29-21)5-6-17-19(18)20(31-30-17)12-7-9-27-10-8-12/h5-11H,1-4H2,(H,28,32)(H,30,31). The zero-order valence-corrected chi connectivity index (χ0v) is 16.8. The maximum atomic E-state index is 13.6. The van der Waals surface area contributed by atoms with E-state index in [-0.39, 0.29) is 5.56 Å². The van der Waals surface area contributed by atoms with Gasteiger partial charge in [0.15, 0.2) is 0 Å². The van der Waals surface area contributed by atoms with Crippen molar-refractivity contribution in [1.29, 1.82) is 0 Å². The molecule has 1 aliphatic rings. The molecule has 0 bridgehead atoms. The minimum atomic E-state index is -4.53. The predicted molar refractivity (Wildman–Crippen MR) is 114 cm³/mol. The van der Waals surface area contributed by atoms with E-state index in [1.54, 1.807) is 12.4 Å². The Morgan fingerprint density at radius 2 is 1.62 bits per heavy atom. The molecule has 0 amide bonds. The van der Waals surface area contributed by atoms with E-state index in [1.807, 2.05) is 24.3 Å². The second-order valence-electron chi connectivity index (χ2n) is 7.97. The molecule has 4 heterocycles. The van der Waals surface area contributed by atoms with Gasteiger partial charge in [0.05, 0.1) is 28.5 Å². The number of fused-ring (bicyclic) bond motifs is 5. The summed E-state index contributed by atoms with van der Waals surface area (Å²) in [5.74, 6) is 0. The number of nitrogens with one attached hydrogen (secondary N) is 2. The minimum Gasteiger partial charge on any atom is -0.277 e. The average Bonchev–Trinajstić information content (AvgIpc) is 3.46. The molecule has 160 valence electrons.